The minimum absolute atomic E-state index is 0.363. The van der Waals surface area contributed by atoms with E-state index in [4.69, 9.17) is 20.9 Å². The molecule has 5 heteroatoms. The third-order valence-corrected chi connectivity index (χ3v) is 4.59. The van der Waals surface area contributed by atoms with Crippen molar-refractivity contribution in [3.8, 4) is 0 Å². The standard InChI is InChI=1S/C15H17BClNO2/c1-14(2)15(3,4)20-16(19-14)12-9-18-13(17)11-8-6-5-7-10(11)12/h5-9H,1-4H3. The van der Waals surface area contributed by atoms with Gasteiger partial charge in [0.15, 0.2) is 0 Å². The van der Waals surface area contributed by atoms with Gasteiger partial charge in [-0.15, -0.1) is 0 Å². The number of hydrogen-bond acceptors (Lipinski definition) is 3. The second-order valence-electron chi connectivity index (χ2n) is 6.14. The van der Waals surface area contributed by atoms with Gasteiger partial charge in [0.25, 0.3) is 0 Å². The summed E-state index contributed by atoms with van der Waals surface area (Å²) in [6.45, 7) is 8.16. The van der Waals surface area contributed by atoms with E-state index in [0.717, 1.165) is 16.2 Å². The van der Waals surface area contributed by atoms with Crippen LogP contribution in [0.2, 0.25) is 5.15 Å². The van der Waals surface area contributed by atoms with E-state index in [2.05, 4.69) is 4.98 Å². The van der Waals surface area contributed by atoms with Gasteiger partial charge < -0.3 is 9.31 Å². The van der Waals surface area contributed by atoms with Crippen LogP contribution in [-0.2, 0) is 9.31 Å². The molecule has 3 rings (SSSR count). The minimum Gasteiger partial charge on any atom is -0.399 e. The monoisotopic (exact) mass is 289 g/mol. The SMILES string of the molecule is CC1(C)OB(c2cnc(Cl)c3ccccc23)OC1(C)C. The van der Waals surface area contributed by atoms with Gasteiger partial charge in [-0.3, -0.25) is 0 Å². The lowest BCUT2D eigenvalue weighted by Gasteiger charge is -2.32. The fraction of sp³-hybridized carbons (Fsp3) is 0.400. The molecule has 2 heterocycles. The summed E-state index contributed by atoms with van der Waals surface area (Å²) in [4.78, 5) is 4.25. The van der Waals surface area contributed by atoms with Crippen molar-refractivity contribution in [2.45, 2.75) is 38.9 Å². The van der Waals surface area contributed by atoms with E-state index < -0.39 is 7.12 Å². The molecule has 0 radical (unpaired) electrons. The Balaban J connectivity index is 2.11. The van der Waals surface area contributed by atoms with E-state index in [0.29, 0.717) is 5.15 Å². The van der Waals surface area contributed by atoms with Crippen LogP contribution in [0.15, 0.2) is 30.5 Å². The van der Waals surface area contributed by atoms with Crippen molar-refractivity contribution in [1.82, 2.24) is 4.98 Å². The lowest BCUT2D eigenvalue weighted by Crippen LogP contribution is -2.41. The van der Waals surface area contributed by atoms with E-state index in [1.165, 1.54) is 0 Å². The van der Waals surface area contributed by atoms with Crippen LogP contribution in [0.1, 0.15) is 27.7 Å². The van der Waals surface area contributed by atoms with E-state index in [1.54, 1.807) is 6.20 Å². The molecule has 0 amide bonds. The molecule has 0 unspecified atom stereocenters. The van der Waals surface area contributed by atoms with E-state index in [-0.39, 0.29) is 11.2 Å². The van der Waals surface area contributed by atoms with E-state index in [9.17, 15) is 0 Å². The Bertz CT molecular complexity index is 656. The summed E-state index contributed by atoms with van der Waals surface area (Å²) in [6.07, 6.45) is 1.74. The molecule has 1 saturated heterocycles. The lowest BCUT2D eigenvalue weighted by molar-refractivity contribution is 0.00578. The molecule has 3 nitrogen and oxygen atoms in total. The molecule has 104 valence electrons. The van der Waals surface area contributed by atoms with Crippen molar-refractivity contribution >= 4 is 35.0 Å². The molecule has 0 aliphatic carbocycles. The summed E-state index contributed by atoms with van der Waals surface area (Å²) in [5.41, 5.74) is 0.195. The fourth-order valence-electron chi connectivity index (χ4n) is 2.34. The molecule has 0 spiro atoms. The molecular weight excluding hydrogens is 272 g/mol. The minimum atomic E-state index is -0.422. The van der Waals surface area contributed by atoms with Crippen molar-refractivity contribution in [3.63, 3.8) is 0 Å². The maximum Gasteiger partial charge on any atom is 0.497 e. The Hall–Kier alpha value is -1.10. The fourth-order valence-corrected chi connectivity index (χ4v) is 2.55. The number of aromatic nitrogens is 1. The lowest BCUT2D eigenvalue weighted by atomic mass is 9.77. The summed E-state index contributed by atoms with van der Waals surface area (Å²) >= 11 is 6.16. The first-order valence-electron chi connectivity index (χ1n) is 6.71. The molecule has 20 heavy (non-hydrogen) atoms. The third-order valence-electron chi connectivity index (χ3n) is 4.28. The highest BCUT2D eigenvalue weighted by atomic mass is 35.5. The van der Waals surface area contributed by atoms with Gasteiger partial charge in [-0.25, -0.2) is 4.98 Å². The summed E-state index contributed by atoms with van der Waals surface area (Å²) in [6, 6.07) is 7.90. The third kappa shape index (κ3) is 2.03. The summed E-state index contributed by atoms with van der Waals surface area (Å²) < 4.78 is 12.2. The largest absolute Gasteiger partial charge is 0.497 e. The van der Waals surface area contributed by atoms with Gasteiger partial charge in [-0.1, -0.05) is 35.9 Å². The Kier molecular flexibility index (Phi) is 3.09. The van der Waals surface area contributed by atoms with Crippen molar-refractivity contribution in [3.05, 3.63) is 35.6 Å². The van der Waals surface area contributed by atoms with Crippen LogP contribution < -0.4 is 5.46 Å². The Labute approximate surface area is 124 Å². The maximum atomic E-state index is 6.16. The van der Waals surface area contributed by atoms with Gasteiger partial charge in [0.2, 0.25) is 0 Å². The quantitative estimate of drug-likeness (QED) is 0.597. The number of rotatable bonds is 1. The van der Waals surface area contributed by atoms with Crippen molar-refractivity contribution in [1.29, 1.82) is 0 Å². The van der Waals surface area contributed by atoms with Gasteiger partial charge in [0.05, 0.1) is 11.2 Å². The Morgan fingerprint density at radius 2 is 1.55 bits per heavy atom. The average molecular weight is 290 g/mol. The predicted octanol–water partition coefficient (Wildman–Crippen LogP) is 3.19. The van der Waals surface area contributed by atoms with Crippen LogP contribution in [0.25, 0.3) is 10.8 Å². The zero-order valence-corrected chi connectivity index (χ0v) is 12.9. The van der Waals surface area contributed by atoms with Crippen LogP contribution in [-0.4, -0.2) is 23.3 Å². The first-order valence-corrected chi connectivity index (χ1v) is 7.08. The average Bonchev–Trinajstić information content (AvgIpc) is 2.59. The van der Waals surface area contributed by atoms with Crippen LogP contribution in [0.5, 0.6) is 0 Å². The first-order chi connectivity index (χ1) is 9.32. The predicted molar refractivity (Wildman–Crippen MR) is 82.5 cm³/mol. The topological polar surface area (TPSA) is 31.4 Å². The highest BCUT2D eigenvalue weighted by molar-refractivity contribution is 6.65. The summed E-state index contributed by atoms with van der Waals surface area (Å²) in [7, 11) is -0.422. The van der Waals surface area contributed by atoms with Gasteiger partial charge in [0, 0.05) is 17.0 Å². The van der Waals surface area contributed by atoms with Crippen LogP contribution in [0.4, 0.5) is 0 Å². The molecular formula is C15H17BClNO2. The zero-order valence-electron chi connectivity index (χ0n) is 12.1. The van der Waals surface area contributed by atoms with Crippen molar-refractivity contribution in [2.75, 3.05) is 0 Å². The first kappa shape index (κ1) is 13.9. The maximum absolute atomic E-state index is 6.16. The molecule has 0 saturated carbocycles. The molecule has 2 aromatic rings. The van der Waals surface area contributed by atoms with Gasteiger partial charge >= 0.3 is 7.12 Å². The molecule has 0 atom stereocenters. The van der Waals surface area contributed by atoms with E-state index in [1.807, 2.05) is 52.0 Å². The highest BCUT2D eigenvalue weighted by Crippen LogP contribution is 2.37. The Morgan fingerprint density at radius 1 is 1.00 bits per heavy atom. The molecule has 1 aliphatic rings. The normalized spacial score (nSPS) is 20.6. The number of benzene rings is 1. The van der Waals surface area contributed by atoms with Crippen LogP contribution in [0.3, 0.4) is 0 Å². The second kappa shape index (κ2) is 4.45. The molecule has 1 aromatic heterocycles. The summed E-state index contributed by atoms with van der Waals surface area (Å²) in [5.74, 6) is 0. The van der Waals surface area contributed by atoms with E-state index >= 15 is 0 Å². The molecule has 1 fully saturated rings. The van der Waals surface area contributed by atoms with Crippen molar-refractivity contribution < 1.29 is 9.31 Å². The number of nitrogens with zero attached hydrogens (tertiary/aromatic N) is 1. The highest BCUT2D eigenvalue weighted by Gasteiger charge is 2.52. The van der Waals surface area contributed by atoms with Gasteiger partial charge in [-0.2, -0.15) is 0 Å². The van der Waals surface area contributed by atoms with Crippen LogP contribution in [0, 0.1) is 0 Å². The molecule has 0 bridgehead atoms. The number of hydrogen-bond donors (Lipinski definition) is 0. The smallest absolute Gasteiger partial charge is 0.399 e. The Morgan fingerprint density at radius 3 is 2.15 bits per heavy atom. The van der Waals surface area contributed by atoms with Gasteiger partial charge in [-0.05, 0) is 33.1 Å². The number of fused-ring (bicyclic) bond motifs is 1. The molecule has 1 aromatic carbocycles. The summed E-state index contributed by atoms with van der Waals surface area (Å²) in [5, 5.41) is 2.44. The van der Waals surface area contributed by atoms with Crippen LogP contribution >= 0.6 is 11.6 Å². The zero-order chi connectivity index (χ0) is 14.5. The van der Waals surface area contributed by atoms with Crippen molar-refractivity contribution in [2.24, 2.45) is 0 Å². The molecule has 0 N–H and O–H groups in total. The van der Waals surface area contributed by atoms with Gasteiger partial charge in [0.1, 0.15) is 5.15 Å². The number of halogens is 1. The molecule has 1 aliphatic heterocycles. The second-order valence-corrected chi connectivity index (χ2v) is 6.50. The number of pyridine rings is 1.